The first-order valence-electron chi connectivity index (χ1n) is 13.8. The number of hydrogen-bond acceptors (Lipinski definition) is 11. The fourth-order valence-electron chi connectivity index (χ4n) is 4.43. The quantitative estimate of drug-likeness (QED) is 0.156. The van der Waals surface area contributed by atoms with E-state index in [-0.39, 0.29) is 11.5 Å². The monoisotopic (exact) mass is 599 g/mol. The predicted octanol–water partition coefficient (Wildman–Crippen LogP) is 6.03. The van der Waals surface area contributed by atoms with Crippen LogP contribution in [0, 0.1) is 10.1 Å². The molecule has 5 aromatic rings. The van der Waals surface area contributed by atoms with Crippen molar-refractivity contribution in [2.45, 2.75) is 26.4 Å². The van der Waals surface area contributed by atoms with Crippen LogP contribution in [0.5, 0.6) is 11.5 Å². The normalized spacial score (nSPS) is 11.6. The summed E-state index contributed by atoms with van der Waals surface area (Å²) in [4.78, 5) is 35.2. The highest BCUT2D eigenvalue weighted by Crippen LogP contribution is 2.37. The van der Waals surface area contributed by atoms with Gasteiger partial charge >= 0.3 is 6.09 Å². The van der Waals surface area contributed by atoms with Crippen molar-refractivity contribution >= 4 is 45.1 Å². The van der Waals surface area contributed by atoms with Crippen molar-refractivity contribution in [3.8, 4) is 22.9 Å². The number of nitro benzene ring substituents is 1. The molecule has 0 aliphatic heterocycles. The molecule has 3 aromatic carbocycles. The number of hydrogen-bond donors (Lipinski definition) is 1. The third-order valence-electron chi connectivity index (χ3n) is 6.49. The number of nitro groups is 1. The number of carbonyl (C=O) groups excluding carboxylic acids is 1. The van der Waals surface area contributed by atoms with Crippen molar-refractivity contribution in [1.29, 1.82) is 0 Å². The predicted molar refractivity (Wildman–Crippen MR) is 167 cm³/mol. The number of benzene rings is 3. The molecule has 0 fully saturated rings. The van der Waals surface area contributed by atoms with Crippen molar-refractivity contribution in [1.82, 2.24) is 24.6 Å². The molecule has 5 rings (SSSR count). The van der Waals surface area contributed by atoms with Crippen LogP contribution in [0.3, 0.4) is 0 Å². The lowest BCUT2D eigenvalue weighted by atomic mass is 10.1. The average Bonchev–Trinajstić information content (AvgIpc) is 3.39. The van der Waals surface area contributed by atoms with E-state index in [0.717, 1.165) is 0 Å². The zero-order valence-electron chi connectivity index (χ0n) is 25.3. The summed E-state index contributed by atoms with van der Waals surface area (Å²) in [6.07, 6.45) is 1.01. The van der Waals surface area contributed by atoms with Crippen LogP contribution in [-0.2, 0) is 4.74 Å². The lowest BCUT2D eigenvalue weighted by molar-refractivity contribution is -0.384. The van der Waals surface area contributed by atoms with Crippen LogP contribution in [0.2, 0.25) is 0 Å². The Kier molecular flexibility index (Phi) is 8.32. The summed E-state index contributed by atoms with van der Waals surface area (Å²) in [5, 5.41) is 20.4. The van der Waals surface area contributed by atoms with Crippen molar-refractivity contribution in [3.05, 3.63) is 70.9 Å². The van der Waals surface area contributed by atoms with Gasteiger partial charge in [0.05, 0.1) is 29.3 Å². The lowest BCUT2D eigenvalue weighted by Crippen LogP contribution is -2.27. The molecular weight excluding hydrogens is 566 g/mol. The van der Waals surface area contributed by atoms with Crippen LogP contribution in [-0.4, -0.2) is 75.6 Å². The molecule has 0 amide bonds. The largest absolute Gasteiger partial charge is 0.493 e. The summed E-state index contributed by atoms with van der Waals surface area (Å²) in [5.41, 5.74) is 1.52. The van der Waals surface area contributed by atoms with E-state index < -0.39 is 16.6 Å². The Morgan fingerprint density at radius 2 is 1.86 bits per heavy atom. The highest BCUT2D eigenvalue weighted by molar-refractivity contribution is 5.96. The molecule has 0 atom stereocenters. The second kappa shape index (κ2) is 12.1. The third kappa shape index (κ3) is 6.68. The van der Waals surface area contributed by atoms with Crippen molar-refractivity contribution in [2.75, 3.05) is 39.7 Å². The maximum atomic E-state index is 12.7. The summed E-state index contributed by atoms with van der Waals surface area (Å²) in [7, 11) is 5.47. The standard InChI is InChI=1S/C31H33N7O6/c1-31(2,3)44-30(39)37-25-11-10-21(14-20(25)18-32-37)33-29-23-16-27(43-13-12-36(4)5)26(42-6)17-24(23)34-28(35-29)19-8-7-9-22(15-19)38(40)41/h7-11,14-18H,12-13H2,1-6H3,(H,33,34,35). The first-order valence-corrected chi connectivity index (χ1v) is 13.8. The molecule has 13 nitrogen and oxygen atoms in total. The number of aromatic nitrogens is 4. The Morgan fingerprint density at radius 1 is 1.07 bits per heavy atom. The van der Waals surface area contributed by atoms with Crippen LogP contribution < -0.4 is 14.8 Å². The van der Waals surface area contributed by atoms with Gasteiger partial charge in [-0.2, -0.15) is 9.78 Å². The number of non-ortho nitro benzene ring substituents is 1. The molecule has 13 heteroatoms. The Morgan fingerprint density at radius 3 is 2.57 bits per heavy atom. The number of fused-ring (bicyclic) bond motifs is 2. The summed E-state index contributed by atoms with van der Waals surface area (Å²) < 4.78 is 18.3. The zero-order valence-corrected chi connectivity index (χ0v) is 25.3. The van der Waals surface area contributed by atoms with Crippen LogP contribution in [0.25, 0.3) is 33.2 Å². The van der Waals surface area contributed by atoms with Gasteiger partial charge in [-0.25, -0.2) is 14.8 Å². The van der Waals surface area contributed by atoms with E-state index in [0.29, 0.717) is 63.5 Å². The topological polar surface area (TPSA) is 147 Å². The Balaban J connectivity index is 1.59. The fourth-order valence-corrected chi connectivity index (χ4v) is 4.43. The highest BCUT2D eigenvalue weighted by atomic mass is 16.6. The summed E-state index contributed by atoms with van der Waals surface area (Å²) in [6, 6.07) is 15.1. The van der Waals surface area contributed by atoms with E-state index in [1.807, 2.05) is 31.1 Å². The number of nitrogens with zero attached hydrogens (tertiary/aromatic N) is 6. The van der Waals surface area contributed by atoms with Gasteiger partial charge in [0, 0.05) is 46.8 Å². The maximum absolute atomic E-state index is 12.7. The number of rotatable bonds is 9. The van der Waals surface area contributed by atoms with E-state index >= 15 is 0 Å². The minimum atomic E-state index is -0.667. The lowest BCUT2D eigenvalue weighted by Gasteiger charge is -2.19. The van der Waals surface area contributed by atoms with Crippen LogP contribution in [0.1, 0.15) is 20.8 Å². The van der Waals surface area contributed by atoms with Crippen LogP contribution in [0.4, 0.5) is 22.0 Å². The number of methoxy groups -OCH3 is 1. The van der Waals surface area contributed by atoms with Crippen LogP contribution >= 0.6 is 0 Å². The van der Waals surface area contributed by atoms with Gasteiger partial charge in [-0.05, 0) is 59.1 Å². The molecule has 0 aliphatic carbocycles. The molecule has 0 radical (unpaired) electrons. The molecule has 2 aromatic heterocycles. The Labute approximate surface area is 253 Å². The third-order valence-corrected chi connectivity index (χ3v) is 6.49. The average molecular weight is 600 g/mol. The Bertz CT molecular complexity index is 1860. The van der Waals surface area contributed by atoms with Gasteiger partial charge in [-0.3, -0.25) is 10.1 Å². The van der Waals surface area contributed by atoms with E-state index in [9.17, 15) is 14.9 Å². The molecule has 0 aliphatic rings. The first-order chi connectivity index (χ1) is 20.9. The molecule has 228 valence electrons. The molecule has 0 unspecified atom stereocenters. The minimum Gasteiger partial charge on any atom is -0.493 e. The first kappa shape index (κ1) is 30.2. The highest BCUT2D eigenvalue weighted by Gasteiger charge is 2.21. The minimum absolute atomic E-state index is 0.0737. The number of nitrogens with one attached hydrogen (secondary N) is 1. The van der Waals surface area contributed by atoms with Gasteiger partial charge in [0.1, 0.15) is 18.0 Å². The molecule has 0 saturated heterocycles. The van der Waals surface area contributed by atoms with Gasteiger partial charge in [-0.15, -0.1) is 0 Å². The van der Waals surface area contributed by atoms with E-state index in [2.05, 4.69) is 10.4 Å². The summed E-state index contributed by atoms with van der Waals surface area (Å²) in [6.45, 7) is 6.51. The number of carbonyl (C=O) groups is 1. The smallest absolute Gasteiger partial charge is 0.435 e. The van der Waals surface area contributed by atoms with Crippen molar-refractivity contribution in [3.63, 3.8) is 0 Å². The Hall–Kier alpha value is -5.30. The number of likely N-dealkylation sites (N-methyl/N-ethyl adjacent to an activating group) is 1. The second-order valence-electron chi connectivity index (χ2n) is 11.3. The SMILES string of the molecule is COc1cc2nc(-c3cccc([N+](=O)[O-])c3)nc(Nc3ccc4c(cnn4C(=O)OC(C)(C)C)c3)c2cc1OCCN(C)C. The number of ether oxygens (including phenoxy) is 3. The summed E-state index contributed by atoms with van der Waals surface area (Å²) in [5.74, 6) is 1.73. The van der Waals surface area contributed by atoms with Gasteiger partial charge in [0.15, 0.2) is 17.3 Å². The summed E-state index contributed by atoms with van der Waals surface area (Å²) >= 11 is 0. The van der Waals surface area contributed by atoms with Crippen molar-refractivity contribution < 1.29 is 23.9 Å². The van der Waals surface area contributed by atoms with E-state index in [4.69, 9.17) is 24.2 Å². The molecule has 0 bridgehead atoms. The van der Waals surface area contributed by atoms with Crippen molar-refractivity contribution in [2.24, 2.45) is 0 Å². The molecular formula is C31H33N7O6. The van der Waals surface area contributed by atoms with E-state index in [1.165, 1.54) is 16.8 Å². The van der Waals surface area contributed by atoms with E-state index in [1.54, 1.807) is 64.4 Å². The van der Waals surface area contributed by atoms with Crippen LogP contribution in [0.15, 0.2) is 60.8 Å². The molecule has 0 spiro atoms. The molecule has 0 saturated carbocycles. The molecule has 2 heterocycles. The second-order valence-corrected chi connectivity index (χ2v) is 11.3. The molecule has 1 N–H and O–H groups in total. The van der Waals surface area contributed by atoms with Gasteiger partial charge < -0.3 is 24.4 Å². The zero-order chi connectivity index (χ0) is 31.6. The fraction of sp³-hybridized carbons (Fsp3) is 0.290. The maximum Gasteiger partial charge on any atom is 0.435 e. The number of anilines is 2. The van der Waals surface area contributed by atoms with Gasteiger partial charge in [0.2, 0.25) is 0 Å². The molecule has 44 heavy (non-hydrogen) atoms. The van der Waals surface area contributed by atoms with Gasteiger partial charge in [-0.1, -0.05) is 12.1 Å². The van der Waals surface area contributed by atoms with Gasteiger partial charge in [0.25, 0.3) is 5.69 Å².